The maximum Gasteiger partial charge on any atom is 0.518 e. The van der Waals surface area contributed by atoms with Gasteiger partial charge in [0.2, 0.25) is 0 Å². The predicted octanol–water partition coefficient (Wildman–Crippen LogP) is 2.40. The first-order chi connectivity index (χ1) is 11.0. The van der Waals surface area contributed by atoms with Crippen LogP contribution in [0.3, 0.4) is 0 Å². The largest absolute Gasteiger partial charge is 0.518 e. The average Bonchev–Trinajstić information content (AvgIpc) is 2.61. The Morgan fingerprint density at radius 2 is 1.74 bits per heavy atom. The van der Waals surface area contributed by atoms with Gasteiger partial charge in [-0.15, -0.1) is 0 Å². The zero-order valence-electron chi connectivity index (χ0n) is 14.7. The van der Waals surface area contributed by atoms with Gasteiger partial charge in [0.05, 0.1) is 5.67 Å². The summed E-state index contributed by atoms with van der Waals surface area (Å²) in [6, 6.07) is 10.3. The highest BCUT2D eigenvalue weighted by Crippen LogP contribution is 2.20. The van der Waals surface area contributed by atoms with Gasteiger partial charge in [0.25, 0.3) is 0 Å². The van der Waals surface area contributed by atoms with E-state index in [0.29, 0.717) is 0 Å². The second kappa shape index (κ2) is 9.84. The molecule has 1 rings (SSSR count). The van der Waals surface area contributed by atoms with Gasteiger partial charge in [0.1, 0.15) is 0 Å². The van der Waals surface area contributed by atoms with Crippen molar-refractivity contribution in [3.8, 4) is 0 Å². The molecule has 130 valence electrons. The minimum atomic E-state index is -2.81. The molecule has 0 aliphatic rings. The molecule has 1 aromatic rings. The molecule has 0 saturated heterocycles. The third kappa shape index (κ3) is 5.44. The summed E-state index contributed by atoms with van der Waals surface area (Å²) in [4.78, 5) is 2.19. The van der Waals surface area contributed by atoms with E-state index >= 15 is 0 Å². The van der Waals surface area contributed by atoms with Crippen molar-refractivity contribution in [2.45, 2.75) is 25.6 Å². The highest BCUT2D eigenvalue weighted by atomic mass is 28.4. The molecular weight excluding hydrogens is 308 g/mol. The van der Waals surface area contributed by atoms with Crippen LogP contribution in [0.5, 0.6) is 0 Å². The van der Waals surface area contributed by atoms with Crippen LogP contribution in [0, 0.1) is 5.92 Å². The van der Waals surface area contributed by atoms with Gasteiger partial charge in [-0.25, -0.2) is 0 Å². The van der Waals surface area contributed by atoms with Gasteiger partial charge in [-0.1, -0.05) is 43.8 Å². The molecule has 1 aromatic carbocycles. The molecule has 5 nitrogen and oxygen atoms in total. The van der Waals surface area contributed by atoms with E-state index in [9.17, 15) is 0 Å². The van der Waals surface area contributed by atoms with E-state index in [2.05, 4.69) is 30.5 Å². The van der Waals surface area contributed by atoms with Crippen molar-refractivity contribution in [1.29, 1.82) is 0 Å². The molecule has 0 fully saturated rings. The Morgan fingerprint density at radius 1 is 1.17 bits per heavy atom. The Labute approximate surface area is 141 Å². The van der Waals surface area contributed by atoms with E-state index in [0.717, 1.165) is 19.5 Å². The zero-order chi connectivity index (χ0) is 17.3. The molecule has 23 heavy (non-hydrogen) atoms. The Balaban J connectivity index is 2.58. The first-order valence-corrected chi connectivity index (χ1v) is 9.64. The maximum atomic E-state index is 6.35. The number of benzene rings is 1. The quantitative estimate of drug-likeness (QED) is 0.628. The fourth-order valence-electron chi connectivity index (χ4n) is 2.61. The molecule has 0 bridgehead atoms. The van der Waals surface area contributed by atoms with E-state index in [1.54, 1.807) is 21.3 Å². The molecular formula is C17H30N2O3Si. The van der Waals surface area contributed by atoms with Crippen LogP contribution in [0.2, 0.25) is 0 Å². The third-order valence-corrected chi connectivity index (χ3v) is 7.33. The zero-order valence-corrected chi connectivity index (χ0v) is 15.7. The smallest absolute Gasteiger partial charge is 0.376 e. The molecule has 0 aliphatic carbocycles. The summed E-state index contributed by atoms with van der Waals surface area (Å²) in [6.07, 6.45) is 2.78. The summed E-state index contributed by atoms with van der Waals surface area (Å²) >= 11 is 0. The van der Waals surface area contributed by atoms with Gasteiger partial charge < -0.3 is 23.9 Å². The van der Waals surface area contributed by atoms with E-state index in [1.807, 2.05) is 24.4 Å². The molecule has 2 atom stereocenters. The van der Waals surface area contributed by atoms with Crippen molar-refractivity contribution in [1.82, 2.24) is 4.90 Å². The summed E-state index contributed by atoms with van der Waals surface area (Å²) in [7, 11) is 1.98. The SMILES string of the molecule is C=CN(CCC(C)C(N)[Si](OC)(OC)OC)Cc1ccccc1. The standard InChI is InChI=1S/C17H30N2O3Si/c1-6-19(14-16-10-8-7-9-11-16)13-12-15(2)17(18)23(20-3,21-4)22-5/h6-11,15,17H,1,12-14,18H2,2-5H3. The number of nitrogens with zero attached hydrogens (tertiary/aromatic N) is 1. The molecule has 6 heteroatoms. The molecule has 0 amide bonds. The lowest BCUT2D eigenvalue weighted by atomic mass is 10.1. The van der Waals surface area contributed by atoms with Crippen LogP contribution in [-0.2, 0) is 19.8 Å². The first kappa shape index (κ1) is 19.9. The molecule has 0 radical (unpaired) electrons. The van der Waals surface area contributed by atoms with Crippen molar-refractivity contribution in [3.05, 3.63) is 48.7 Å². The Hall–Kier alpha value is -1.18. The van der Waals surface area contributed by atoms with Crippen molar-refractivity contribution < 1.29 is 13.3 Å². The second-order valence-corrected chi connectivity index (χ2v) is 8.74. The number of rotatable bonds is 11. The van der Waals surface area contributed by atoms with E-state index in [4.69, 9.17) is 19.0 Å². The van der Waals surface area contributed by atoms with Crippen molar-refractivity contribution >= 4 is 8.80 Å². The van der Waals surface area contributed by atoms with Gasteiger partial charge in [0, 0.05) is 34.4 Å². The molecule has 0 spiro atoms. The minimum Gasteiger partial charge on any atom is -0.376 e. The van der Waals surface area contributed by atoms with Crippen LogP contribution in [0.1, 0.15) is 18.9 Å². The summed E-state index contributed by atoms with van der Waals surface area (Å²) < 4.78 is 16.5. The van der Waals surface area contributed by atoms with E-state index in [1.165, 1.54) is 5.56 Å². The van der Waals surface area contributed by atoms with E-state index in [-0.39, 0.29) is 11.6 Å². The lowest BCUT2D eigenvalue weighted by molar-refractivity contribution is 0.103. The maximum absolute atomic E-state index is 6.35. The second-order valence-electron chi connectivity index (χ2n) is 5.65. The molecule has 2 unspecified atom stereocenters. The molecule has 0 aliphatic heterocycles. The predicted molar refractivity (Wildman–Crippen MR) is 95.6 cm³/mol. The topological polar surface area (TPSA) is 57.0 Å². The van der Waals surface area contributed by atoms with Crippen LogP contribution < -0.4 is 5.73 Å². The highest BCUT2D eigenvalue weighted by Gasteiger charge is 2.47. The van der Waals surface area contributed by atoms with Crippen LogP contribution in [0.4, 0.5) is 0 Å². The lowest BCUT2D eigenvalue weighted by Gasteiger charge is -2.34. The first-order valence-electron chi connectivity index (χ1n) is 7.84. The lowest BCUT2D eigenvalue weighted by Crippen LogP contribution is -2.61. The summed E-state index contributed by atoms with van der Waals surface area (Å²) in [5.41, 5.74) is 7.35. The number of hydrogen-bond acceptors (Lipinski definition) is 5. The summed E-state index contributed by atoms with van der Waals surface area (Å²) in [5.74, 6) is 0.208. The van der Waals surface area contributed by atoms with Crippen molar-refractivity contribution in [2.75, 3.05) is 27.9 Å². The average molecular weight is 339 g/mol. The highest BCUT2D eigenvalue weighted by molar-refractivity contribution is 6.62. The van der Waals surface area contributed by atoms with Gasteiger partial charge in [-0.05, 0) is 24.1 Å². The van der Waals surface area contributed by atoms with E-state index < -0.39 is 8.80 Å². The van der Waals surface area contributed by atoms with Crippen LogP contribution in [-0.4, -0.2) is 47.2 Å². The monoisotopic (exact) mass is 338 g/mol. The third-order valence-electron chi connectivity index (χ3n) is 4.23. The van der Waals surface area contributed by atoms with Crippen molar-refractivity contribution in [2.24, 2.45) is 11.7 Å². The van der Waals surface area contributed by atoms with Crippen LogP contribution in [0.25, 0.3) is 0 Å². The van der Waals surface area contributed by atoms with Gasteiger partial charge in [-0.3, -0.25) is 0 Å². The Kier molecular flexibility index (Phi) is 8.50. The fraction of sp³-hybridized carbons (Fsp3) is 0.529. The number of hydrogen-bond donors (Lipinski definition) is 1. The molecule has 2 N–H and O–H groups in total. The Morgan fingerprint density at radius 3 is 2.22 bits per heavy atom. The molecule has 0 heterocycles. The number of nitrogens with two attached hydrogens (primary N) is 1. The Bertz CT molecular complexity index is 446. The normalized spacial score (nSPS) is 14.3. The van der Waals surface area contributed by atoms with Gasteiger partial charge >= 0.3 is 8.80 Å². The summed E-state index contributed by atoms with van der Waals surface area (Å²) in [6.45, 7) is 7.72. The fourth-order valence-corrected chi connectivity index (χ4v) is 4.79. The van der Waals surface area contributed by atoms with Gasteiger partial charge in [-0.2, -0.15) is 0 Å². The summed E-state index contributed by atoms with van der Waals surface area (Å²) in [5, 5.41) is 0. The van der Waals surface area contributed by atoms with Crippen molar-refractivity contribution in [3.63, 3.8) is 0 Å². The minimum absolute atomic E-state index is 0.208. The van der Waals surface area contributed by atoms with Gasteiger partial charge in [0.15, 0.2) is 0 Å². The molecule has 0 aromatic heterocycles. The van der Waals surface area contributed by atoms with Crippen LogP contribution in [0.15, 0.2) is 43.1 Å². The van der Waals surface area contributed by atoms with Crippen LogP contribution >= 0.6 is 0 Å². The molecule has 0 saturated carbocycles.